The summed E-state index contributed by atoms with van der Waals surface area (Å²) in [6, 6.07) is 10.00. The first-order chi connectivity index (χ1) is 9.43. The Morgan fingerprint density at radius 2 is 1.70 bits per heavy atom. The Morgan fingerprint density at radius 3 is 2.15 bits per heavy atom. The van der Waals surface area contributed by atoms with E-state index < -0.39 is 0 Å². The first-order valence-corrected chi connectivity index (χ1v) is 7.34. The van der Waals surface area contributed by atoms with Crippen LogP contribution in [0.3, 0.4) is 0 Å². The summed E-state index contributed by atoms with van der Waals surface area (Å²) in [6.45, 7) is 9.88. The molecule has 0 aliphatic rings. The molecule has 0 radical (unpaired) electrons. The SMILES string of the molecule is CC[N+](C)(CC)CCN(C(C)=O)N(C)c1ccccc1. The number of amides is 1. The van der Waals surface area contributed by atoms with E-state index in [4.69, 9.17) is 0 Å². The van der Waals surface area contributed by atoms with Gasteiger partial charge in [0.2, 0.25) is 5.91 Å². The standard InChI is InChI=1S/C16H28N3O/c1-6-19(5,7-2)14-13-18(15(3)20)17(4)16-11-9-8-10-12-16/h8-12H,6-7,13-14H2,1-5H3/q+1. The zero-order valence-corrected chi connectivity index (χ0v) is 13.5. The smallest absolute Gasteiger partial charge is 0.238 e. The van der Waals surface area contributed by atoms with Crippen LogP contribution in [0.5, 0.6) is 0 Å². The van der Waals surface area contributed by atoms with E-state index in [1.54, 1.807) is 6.92 Å². The Labute approximate surface area is 123 Å². The van der Waals surface area contributed by atoms with Crippen LogP contribution in [-0.2, 0) is 4.79 Å². The maximum absolute atomic E-state index is 11.9. The number of quaternary nitrogens is 1. The summed E-state index contributed by atoms with van der Waals surface area (Å²) in [5, 5.41) is 3.76. The van der Waals surface area contributed by atoms with E-state index in [-0.39, 0.29) is 5.91 Å². The maximum atomic E-state index is 11.9. The monoisotopic (exact) mass is 278 g/mol. The van der Waals surface area contributed by atoms with Gasteiger partial charge in [-0.25, -0.2) is 5.01 Å². The fourth-order valence-corrected chi connectivity index (χ4v) is 2.18. The molecule has 1 aromatic rings. The van der Waals surface area contributed by atoms with Crippen LogP contribution in [0.4, 0.5) is 5.69 Å². The summed E-state index contributed by atoms with van der Waals surface area (Å²) in [6.07, 6.45) is 0. The second-order valence-electron chi connectivity index (χ2n) is 5.48. The minimum absolute atomic E-state index is 0.0788. The second kappa shape index (κ2) is 7.29. The Morgan fingerprint density at radius 1 is 1.15 bits per heavy atom. The molecular weight excluding hydrogens is 250 g/mol. The van der Waals surface area contributed by atoms with E-state index in [0.29, 0.717) is 0 Å². The summed E-state index contributed by atoms with van der Waals surface area (Å²) < 4.78 is 0.979. The Bertz CT molecular complexity index is 415. The third-order valence-electron chi connectivity index (χ3n) is 4.23. The molecule has 0 atom stereocenters. The molecule has 0 spiro atoms. The molecule has 0 bridgehead atoms. The van der Waals surface area contributed by atoms with E-state index in [2.05, 4.69) is 20.9 Å². The molecule has 0 aromatic heterocycles. The number of hydrogen-bond donors (Lipinski definition) is 0. The van der Waals surface area contributed by atoms with Crippen molar-refractivity contribution >= 4 is 11.6 Å². The molecule has 1 aromatic carbocycles. The van der Waals surface area contributed by atoms with Crippen molar-refractivity contribution in [2.45, 2.75) is 20.8 Å². The quantitative estimate of drug-likeness (QED) is 0.565. The topological polar surface area (TPSA) is 23.6 Å². The summed E-state index contributed by atoms with van der Waals surface area (Å²) in [4.78, 5) is 11.9. The van der Waals surface area contributed by atoms with Gasteiger partial charge >= 0.3 is 0 Å². The predicted octanol–water partition coefficient (Wildman–Crippen LogP) is 2.37. The fourth-order valence-electron chi connectivity index (χ4n) is 2.18. The fraction of sp³-hybridized carbons (Fsp3) is 0.562. The van der Waals surface area contributed by atoms with Crippen LogP contribution in [0.25, 0.3) is 0 Å². The minimum Gasteiger partial charge on any atom is -0.325 e. The third-order valence-corrected chi connectivity index (χ3v) is 4.23. The number of anilines is 1. The number of likely N-dealkylation sites (N-methyl/N-ethyl adjacent to an activating group) is 1. The number of hydrazine groups is 1. The van der Waals surface area contributed by atoms with Crippen LogP contribution in [0, 0.1) is 0 Å². The van der Waals surface area contributed by atoms with Crippen LogP contribution in [0.1, 0.15) is 20.8 Å². The lowest BCUT2D eigenvalue weighted by Gasteiger charge is -2.37. The highest BCUT2D eigenvalue weighted by Gasteiger charge is 2.22. The normalized spacial score (nSPS) is 11.2. The van der Waals surface area contributed by atoms with Crippen molar-refractivity contribution in [3.8, 4) is 0 Å². The number of carbonyl (C=O) groups excluding carboxylic acids is 1. The van der Waals surface area contributed by atoms with Crippen molar-refractivity contribution in [2.75, 3.05) is 45.3 Å². The molecule has 20 heavy (non-hydrogen) atoms. The van der Waals surface area contributed by atoms with Gasteiger partial charge < -0.3 is 4.48 Å². The van der Waals surface area contributed by atoms with Crippen LogP contribution in [0.2, 0.25) is 0 Å². The van der Waals surface area contributed by atoms with Gasteiger partial charge in [-0.3, -0.25) is 9.80 Å². The molecule has 0 aliphatic heterocycles. The lowest BCUT2D eigenvalue weighted by atomic mass is 10.3. The van der Waals surface area contributed by atoms with Crippen LogP contribution < -0.4 is 5.01 Å². The number of para-hydroxylation sites is 1. The van der Waals surface area contributed by atoms with Gasteiger partial charge in [0.25, 0.3) is 0 Å². The third kappa shape index (κ3) is 4.23. The summed E-state index contributed by atoms with van der Waals surface area (Å²) >= 11 is 0. The molecular formula is C16H28N3O+. The van der Waals surface area contributed by atoms with Gasteiger partial charge in [0.1, 0.15) is 0 Å². The van der Waals surface area contributed by atoms with Gasteiger partial charge in [0.05, 0.1) is 38.9 Å². The molecule has 0 heterocycles. The highest BCUT2D eigenvalue weighted by atomic mass is 16.2. The van der Waals surface area contributed by atoms with Crippen molar-refractivity contribution in [3.63, 3.8) is 0 Å². The largest absolute Gasteiger partial charge is 0.325 e. The minimum atomic E-state index is 0.0788. The van der Waals surface area contributed by atoms with Crippen molar-refractivity contribution < 1.29 is 9.28 Å². The number of rotatable bonds is 7. The van der Waals surface area contributed by atoms with Crippen LogP contribution in [0.15, 0.2) is 30.3 Å². The maximum Gasteiger partial charge on any atom is 0.238 e. The number of nitrogens with zero attached hydrogens (tertiary/aromatic N) is 3. The highest BCUT2D eigenvalue weighted by molar-refractivity contribution is 5.75. The van der Waals surface area contributed by atoms with E-state index in [1.165, 1.54) is 0 Å². The van der Waals surface area contributed by atoms with E-state index in [9.17, 15) is 4.79 Å². The van der Waals surface area contributed by atoms with Crippen molar-refractivity contribution in [1.82, 2.24) is 5.01 Å². The van der Waals surface area contributed by atoms with E-state index in [1.807, 2.05) is 47.4 Å². The van der Waals surface area contributed by atoms with Gasteiger partial charge in [-0.15, -0.1) is 0 Å². The van der Waals surface area contributed by atoms with Gasteiger partial charge in [-0.1, -0.05) is 18.2 Å². The highest BCUT2D eigenvalue weighted by Crippen LogP contribution is 2.14. The first kappa shape index (κ1) is 16.5. The van der Waals surface area contributed by atoms with Crippen molar-refractivity contribution in [2.24, 2.45) is 0 Å². The van der Waals surface area contributed by atoms with Gasteiger partial charge in [0, 0.05) is 14.0 Å². The molecule has 4 nitrogen and oxygen atoms in total. The molecule has 1 amide bonds. The molecule has 0 saturated heterocycles. The number of hydrogen-bond acceptors (Lipinski definition) is 2. The number of carbonyl (C=O) groups is 1. The molecule has 1 rings (SSSR count). The van der Waals surface area contributed by atoms with E-state index >= 15 is 0 Å². The zero-order valence-electron chi connectivity index (χ0n) is 13.5. The van der Waals surface area contributed by atoms with Crippen LogP contribution in [-0.4, -0.2) is 55.7 Å². The lowest BCUT2D eigenvalue weighted by Crippen LogP contribution is -2.52. The molecule has 112 valence electrons. The number of benzene rings is 1. The van der Waals surface area contributed by atoms with Crippen molar-refractivity contribution in [3.05, 3.63) is 30.3 Å². The van der Waals surface area contributed by atoms with Crippen LogP contribution >= 0.6 is 0 Å². The van der Waals surface area contributed by atoms with E-state index in [0.717, 1.165) is 36.3 Å². The first-order valence-electron chi connectivity index (χ1n) is 7.34. The summed E-state index contributed by atoms with van der Waals surface area (Å²) in [7, 11) is 4.18. The molecule has 0 fully saturated rings. The summed E-state index contributed by atoms with van der Waals surface area (Å²) in [5.74, 6) is 0.0788. The molecule has 0 aliphatic carbocycles. The van der Waals surface area contributed by atoms with Crippen molar-refractivity contribution in [1.29, 1.82) is 0 Å². The molecule has 0 unspecified atom stereocenters. The van der Waals surface area contributed by atoms with Gasteiger partial charge in [-0.05, 0) is 26.0 Å². The molecule has 0 saturated carbocycles. The predicted molar refractivity (Wildman–Crippen MR) is 84.4 cm³/mol. The Balaban J connectivity index is 2.78. The second-order valence-corrected chi connectivity index (χ2v) is 5.48. The summed E-state index contributed by atoms with van der Waals surface area (Å²) in [5.41, 5.74) is 1.03. The molecule has 4 heteroatoms. The average Bonchev–Trinajstić information content (AvgIpc) is 2.47. The van der Waals surface area contributed by atoms with Gasteiger partial charge in [-0.2, -0.15) is 0 Å². The average molecular weight is 278 g/mol. The zero-order chi connectivity index (χ0) is 15.2. The molecule has 0 N–H and O–H groups in total. The lowest BCUT2D eigenvalue weighted by molar-refractivity contribution is -0.905. The Hall–Kier alpha value is -1.55. The Kier molecular flexibility index (Phi) is 6.02. The van der Waals surface area contributed by atoms with Gasteiger partial charge in [0.15, 0.2) is 0 Å².